The van der Waals surface area contributed by atoms with Crippen LogP contribution in [0.3, 0.4) is 0 Å². The largest absolute Gasteiger partial charge is 0.481 e. The summed E-state index contributed by atoms with van der Waals surface area (Å²) in [5, 5.41) is 4.11. The number of benzene rings is 5. The molecule has 0 spiro atoms. The molecule has 0 saturated heterocycles. The molecule has 0 aliphatic rings. The van der Waals surface area contributed by atoms with Gasteiger partial charge >= 0.3 is 0 Å². The minimum Gasteiger partial charge on any atom is -0.481 e. The van der Waals surface area contributed by atoms with Crippen molar-refractivity contribution in [1.82, 2.24) is 19.9 Å². The molecule has 0 radical (unpaired) electrons. The molecule has 0 amide bonds. The third-order valence-corrected chi connectivity index (χ3v) is 9.94. The number of ether oxygens (including phenoxy) is 2. The summed E-state index contributed by atoms with van der Waals surface area (Å²) in [5.74, 6) is 1.12. The zero-order valence-corrected chi connectivity index (χ0v) is 29.3. The summed E-state index contributed by atoms with van der Waals surface area (Å²) < 4.78 is 11.3. The summed E-state index contributed by atoms with van der Waals surface area (Å²) >= 11 is 0. The molecule has 0 fully saturated rings. The highest BCUT2D eigenvalue weighted by molar-refractivity contribution is 6.10. The maximum absolute atomic E-state index is 5.67. The summed E-state index contributed by atoms with van der Waals surface area (Å²) in [7, 11) is 3.31. The number of hydrogen-bond acceptors (Lipinski definition) is 6. The molecular formula is C46H34N4O2. The summed E-state index contributed by atoms with van der Waals surface area (Å²) in [5.41, 5.74) is 13.8. The minimum atomic E-state index is 0.558. The Balaban J connectivity index is 1.17. The molecule has 4 aromatic heterocycles. The molecule has 6 nitrogen and oxygen atoms in total. The fourth-order valence-electron chi connectivity index (χ4n) is 7.29. The standard InChI is InChI=1S/C46H34N4O2/c1-27-23-36(40-22-18-32-16-20-34-38(30-13-9-6-10-14-30)26-42(52-4)50-46(34)44(32)48-40)28(2)24-35(27)39-21-17-31-15-19-33-37(29-11-7-5-8-12-29)25-41(51-3)49-45(33)43(31)47-39/h5-26H,1-4H3. The SMILES string of the molecule is COc1cc(-c2ccccc2)c2ccc3ccc(-c4cc(C)c(-c5ccc6ccc7c(-c8ccccc8)cc(OC)nc7c6n5)cc4C)nc3c2n1. The Kier molecular flexibility index (Phi) is 7.58. The fraction of sp³-hybridized carbons (Fsp3) is 0.0870. The summed E-state index contributed by atoms with van der Waals surface area (Å²) in [6.45, 7) is 4.27. The van der Waals surface area contributed by atoms with Crippen molar-refractivity contribution in [2.24, 2.45) is 0 Å². The third-order valence-electron chi connectivity index (χ3n) is 9.94. The second-order valence-electron chi connectivity index (χ2n) is 13.1. The first-order valence-corrected chi connectivity index (χ1v) is 17.3. The van der Waals surface area contributed by atoms with E-state index in [-0.39, 0.29) is 0 Å². The van der Waals surface area contributed by atoms with Gasteiger partial charge in [-0.15, -0.1) is 0 Å². The molecule has 0 aliphatic heterocycles. The lowest BCUT2D eigenvalue weighted by Gasteiger charge is -2.15. The van der Waals surface area contributed by atoms with Gasteiger partial charge in [-0.1, -0.05) is 97.1 Å². The first-order valence-electron chi connectivity index (χ1n) is 17.3. The van der Waals surface area contributed by atoms with Crippen LogP contribution in [-0.4, -0.2) is 34.2 Å². The topological polar surface area (TPSA) is 70.0 Å². The van der Waals surface area contributed by atoms with Crippen LogP contribution in [0.25, 0.3) is 88.4 Å². The van der Waals surface area contributed by atoms with Crippen LogP contribution in [-0.2, 0) is 0 Å². The van der Waals surface area contributed by atoms with Crippen molar-refractivity contribution >= 4 is 43.6 Å². The maximum Gasteiger partial charge on any atom is 0.214 e. The summed E-state index contributed by atoms with van der Waals surface area (Å²) in [6.07, 6.45) is 0. The van der Waals surface area contributed by atoms with E-state index < -0.39 is 0 Å². The Morgan fingerprint density at radius 2 is 0.788 bits per heavy atom. The average Bonchev–Trinajstić information content (AvgIpc) is 3.20. The number of pyridine rings is 4. The zero-order chi connectivity index (χ0) is 35.3. The Bertz CT molecular complexity index is 2640. The normalized spacial score (nSPS) is 11.5. The van der Waals surface area contributed by atoms with Crippen LogP contribution in [0, 0.1) is 13.8 Å². The van der Waals surface area contributed by atoms with Crippen LogP contribution < -0.4 is 9.47 Å². The smallest absolute Gasteiger partial charge is 0.214 e. The molecular weight excluding hydrogens is 641 g/mol. The zero-order valence-electron chi connectivity index (χ0n) is 29.3. The molecule has 0 aliphatic carbocycles. The van der Waals surface area contributed by atoms with Gasteiger partial charge in [0, 0.05) is 44.8 Å². The van der Waals surface area contributed by atoms with Crippen molar-refractivity contribution in [1.29, 1.82) is 0 Å². The molecule has 0 saturated carbocycles. The van der Waals surface area contributed by atoms with Gasteiger partial charge in [-0.05, 0) is 71.5 Å². The van der Waals surface area contributed by atoms with Crippen LogP contribution in [0.1, 0.15) is 11.1 Å². The van der Waals surface area contributed by atoms with E-state index in [1.807, 2.05) is 48.5 Å². The number of nitrogens with zero attached hydrogens (tertiary/aromatic N) is 4. The number of hydrogen-bond donors (Lipinski definition) is 0. The molecule has 0 bridgehead atoms. The van der Waals surface area contributed by atoms with Gasteiger partial charge in [0.05, 0.1) is 36.6 Å². The van der Waals surface area contributed by atoms with Crippen LogP contribution in [0.5, 0.6) is 11.8 Å². The molecule has 250 valence electrons. The summed E-state index contributed by atoms with van der Waals surface area (Å²) in [4.78, 5) is 20.3. The van der Waals surface area contributed by atoms with E-state index in [0.717, 1.165) is 99.5 Å². The van der Waals surface area contributed by atoms with Gasteiger partial charge in [0.25, 0.3) is 0 Å². The quantitative estimate of drug-likeness (QED) is 0.164. The number of fused-ring (bicyclic) bond motifs is 6. The van der Waals surface area contributed by atoms with Gasteiger partial charge in [0.15, 0.2) is 0 Å². The summed E-state index contributed by atoms with van der Waals surface area (Å²) in [6, 6.07) is 46.1. The molecule has 0 unspecified atom stereocenters. The van der Waals surface area contributed by atoms with E-state index >= 15 is 0 Å². The van der Waals surface area contributed by atoms with E-state index in [0.29, 0.717) is 11.8 Å². The molecule has 4 heterocycles. The van der Waals surface area contributed by atoms with E-state index in [1.54, 1.807) is 14.2 Å². The average molecular weight is 675 g/mol. The predicted molar refractivity (Wildman–Crippen MR) is 212 cm³/mol. The van der Waals surface area contributed by atoms with Crippen molar-refractivity contribution in [3.05, 3.63) is 145 Å². The van der Waals surface area contributed by atoms with E-state index in [1.165, 1.54) is 0 Å². The monoisotopic (exact) mass is 674 g/mol. The second-order valence-corrected chi connectivity index (χ2v) is 13.1. The van der Waals surface area contributed by atoms with Gasteiger partial charge < -0.3 is 9.47 Å². The first-order chi connectivity index (χ1) is 25.5. The highest BCUT2D eigenvalue weighted by atomic mass is 16.5. The van der Waals surface area contributed by atoms with Crippen molar-refractivity contribution < 1.29 is 9.47 Å². The molecule has 6 heteroatoms. The Morgan fingerprint density at radius 3 is 1.19 bits per heavy atom. The van der Waals surface area contributed by atoms with E-state index in [2.05, 4.69) is 98.8 Å². The maximum atomic E-state index is 5.67. The van der Waals surface area contributed by atoms with E-state index in [9.17, 15) is 0 Å². The van der Waals surface area contributed by atoms with Crippen molar-refractivity contribution in [3.8, 4) is 56.5 Å². The Hall–Kier alpha value is -6.66. The molecule has 5 aromatic carbocycles. The van der Waals surface area contributed by atoms with Crippen LogP contribution in [0.2, 0.25) is 0 Å². The number of methoxy groups -OCH3 is 2. The number of aromatic nitrogens is 4. The van der Waals surface area contributed by atoms with Gasteiger partial charge in [-0.25, -0.2) is 19.9 Å². The molecule has 0 N–H and O–H groups in total. The van der Waals surface area contributed by atoms with Crippen molar-refractivity contribution in [3.63, 3.8) is 0 Å². The van der Waals surface area contributed by atoms with Crippen LogP contribution in [0.15, 0.2) is 133 Å². The predicted octanol–water partition coefficient (Wildman–Crippen LogP) is 11.2. The van der Waals surface area contributed by atoms with Crippen molar-refractivity contribution in [2.45, 2.75) is 13.8 Å². The Morgan fingerprint density at radius 1 is 0.385 bits per heavy atom. The molecule has 52 heavy (non-hydrogen) atoms. The molecule has 9 rings (SSSR count). The molecule has 0 atom stereocenters. The highest BCUT2D eigenvalue weighted by Gasteiger charge is 2.17. The van der Waals surface area contributed by atoms with Gasteiger partial charge in [-0.2, -0.15) is 0 Å². The van der Waals surface area contributed by atoms with E-state index in [4.69, 9.17) is 29.4 Å². The highest BCUT2D eigenvalue weighted by Crippen LogP contribution is 2.38. The van der Waals surface area contributed by atoms with Crippen LogP contribution in [0.4, 0.5) is 0 Å². The lowest BCUT2D eigenvalue weighted by molar-refractivity contribution is 0.399. The third kappa shape index (κ3) is 5.28. The lowest BCUT2D eigenvalue weighted by atomic mass is 9.94. The van der Waals surface area contributed by atoms with Crippen LogP contribution >= 0.6 is 0 Å². The van der Waals surface area contributed by atoms with Gasteiger partial charge in [-0.3, -0.25) is 0 Å². The van der Waals surface area contributed by atoms with Crippen molar-refractivity contribution in [2.75, 3.05) is 14.2 Å². The minimum absolute atomic E-state index is 0.558. The lowest BCUT2D eigenvalue weighted by Crippen LogP contribution is -1.97. The molecule has 9 aromatic rings. The number of rotatable bonds is 6. The first kappa shape index (κ1) is 31.3. The van der Waals surface area contributed by atoms with Gasteiger partial charge in [0.2, 0.25) is 11.8 Å². The number of aryl methyl sites for hydroxylation is 2. The second kappa shape index (κ2) is 12.6. The van der Waals surface area contributed by atoms with Gasteiger partial charge in [0.1, 0.15) is 11.0 Å². The fourth-order valence-corrected chi connectivity index (χ4v) is 7.29. The Labute approximate surface area is 301 Å².